The predicted octanol–water partition coefficient (Wildman–Crippen LogP) is 3.30. The third-order valence-corrected chi connectivity index (χ3v) is 7.01. The number of aryl methyl sites for hydroxylation is 1. The molecule has 0 unspecified atom stereocenters. The van der Waals surface area contributed by atoms with Gasteiger partial charge in [0, 0.05) is 16.8 Å². The van der Waals surface area contributed by atoms with Crippen molar-refractivity contribution >= 4 is 38.8 Å². The number of amides is 1. The number of carbonyl (C=O) groups is 1. The molecule has 0 fully saturated rings. The Labute approximate surface area is 159 Å². The molecule has 4 rings (SSSR count). The molecular weight excluding hydrogens is 366 g/mol. The van der Waals surface area contributed by atoms with Gasteiger partial charge < -0.3 is 4.90 Å². The number of fused-ring (bicyclic) bond motifs is 3. The largest absolute Gasteiger partial charge is 0.339 e. The lowest BCUT2D eigenvalue weighted by Crippen LogP contribution is -2.33. The van der Waals surface area contributed by atoms with Crippen LogP contribution in [0.3, 0.4) is 0 Å². The molecule has 0 spiro atoms. The van der Waals surface area contributed by atoms with Gasteiger partial charge in [0.2, 0.25) is 5.91 Å². The van der Waals surface area contributed by atoms with Crippen molar-refractivity contribution in [3.05, 3.63) is 49.5 Å². The Morgan fingerprint density at radius 2 is 2.31 bits per heavy atom. The zero-order valence-electron chi connectivity index (χ0n) is 14.9. The minimum Gasteiger partial charge on any atom is -0.339 e. The summed E-state index contributed by atoms with van der Waals surface area (Å²) in [7, 11) is 1.77. The molecule has 3 heterocycles. The number of thiophene rings is 2. The molecule has 26 heavy (non-hydrogen) atoms. The molecule has 0 N–H and O–H groups in total. The van der Waals surface area contributed by atoms with Gasteiger partial charge in [-0.2, -0.15) is 0 Å². The van der Waals surface area contributed by atoms with Gasteiger partial charge in [-0.1, -0.05) is 13.0 Å². The van der Waals surface area contributed by atoms with Crippen molar-refractivity contribution in [3.8, 4) is 0 Å². The Morgan fingerprint density at radius 3 is 3.08 bits per heavy atom. The quantitative estimate of drug-likeness (QED) is 0.690. The first-order chi connectivity index (χ1) is 12.5. The van der Waals surface area contributed by atoms with E-state index in [4.69, 9.17) is 0 Å². The second-order valence-corrected chi connectivity index (χ2v) is 9.15. The van der Waals surface area contributed by atoms with Gasteiger partial charge in [-0.15, -0.1) is 22.7 Å². The maximum atomic E-state index is 13.0. The summed E-state index contributed by atoms with van der Waals surface area (Å²) in [4.78, 5) is 34.9. The smallest absolute Gasteiger partial charge is 0.262 e. The zero-order valence-corrected chi connectivity index (χ0v) is 16.5. The molecule has 5 nitrogen and oxygen atoms in total. The van der Waals surface area contributed by atoms with Gasteiger partial charge in [0.15, 0.2) is 0 Å². The number of hydrogen-bond acceptors (Lipinski definition) is 5. The summed E-state index contributed by atoms with van der Waals surface area (Å²) < 4.78 is 1.46. The molecule has 1 aliphatic carbocycles. The van der Waals surface area contributed by atoms with Crippen molar-refractivity contribution in [2.75, 3.05) is 7.05 Å². The van der Waals surface area contributed by atoms with Crippen molar-refractivity contribution in [2.45, 2.75) is 39.3 Å². The van der Waals surface area contributed by atoms with Crippen LogP contribution in [0.15, 0.2) is 28.6 Å². The van der Waals surface area contributed by atoms with Crippen LogP contribution in [0, 0.1) is 5.92 Å². The van der Waals surface area contributed by atoms with Crippen LogP contribution < -0.4 is 5.56 Å². The summed E-state index contributed by atoms with van der Waals surface area (Å²) in [6.07, 6.45) is 4.59. The maximum absolute atomic E-state index is 13.0. The van der Waals surface area contributed by atoms with Crippen LogP contribution in [-0.2, 0) is 30.7 Å². The topological polar surface area (TPSA) is 55.2 Å². The third-order valence-electron chi connectivity index (χ3n) is 4.99. The van der Waals surface area contributed by atoms with Crippen molar-refractivity contribution in [1.29, 1.82) is 0 Å². The number of nitrogens with zero attached hydrogens (tertiary/aromatic N) is 3. The molecular formula is C19H21N3O2S2. The van der Waals surface area contributed by atoms with Gasteiger partial charge >= 0.3 is 0 Å². The summed E-state index contributed by atoms with van der Waals surface area (Å²) in [5.74, 6) is 0.574. The van der Waals surface area contributed by atoms with E-state index in [9.17, 15) is 9.59 Å². The molecule has 0 aromatic carbocycles. The first kappa shape index (κ1) is 17.4. The highest BCUT2D eigenvalue weighted by Gasteiger charge is 2.23. The molecule has 0 saturated heterocycles. The van der Waals surface area contributed by atoms with Gasteiger partial charge in [-0.3, -0.25) is 14.2 Å². The van der Waals surface area contributed by atoms with Gasteiger partial charge in [0.05, 0.1) is 18.3 Å². The number of hydrogen-bond donors (Lipinski definition) is 0. The Balaban J connectivity index is 1.60. The maximum Gasteiger partial charge on any atom is 0.262 e. The van der Waals surface area contributed by atoms with Crippen LogP contribution in [0.4, 0.5) is 0 Å². The minimum atomic E-state index is -0.0839. The van der Waals surface area contributed by atoms with Gasteiger partial charge in [0.25, 0.3) is 5.56 Å². The van der Waals surface area contributed by atoms with Crippen molar-refractivity contribution < 1.29 is 4.79 Å². The molecule has 3 aromatic heterocycles. The Hall–Kier alpha value is -1.99. The van der Waals surface area contributed by atoms with Crippen LogP contribution >= 0.6 is 22.7 Å². The van der Waals surface area contributed by atoms with Crippen LogP contribution in [0.5, 0.6) is 0 Å². The van der Waals surface area contributed by atoms with E-state index < -0.39 is 0 Å². The molecule has 136 valence electrons. The summed E-state index contributed by atoms with van der Waals surface area (Å²) in [6, 6.07) is 3.98. The molecule has 3 aromatic rings. The Bertz CT molecular complexity index is 1000. The molecule has 1 amide bonds. The molecule has 1 aliphatic rings. The first-order valence-corrected chi connectivity index (χ1v) is 10.5. The average Bonchev–Trinajstić information content (AvgIpc) is 3.24. The monoisotopic (exact) mass is 387 g/mol. The van der Waals surface area contributed by atoms with Gasteiger partial charge in [-0.25, -0.2) is 4.98 Å². The molecule has 0 bridgehead atoms. The minimum absolute atomic E-state index is 0.0324. The third kappa shape index (κ3) is 3.21. The highest BCUT2D eigenvalue weighted by molar-refractivity contribution is 7.18. The first-order valence-electron chi connectivity index (χ1n) is 8.79. The normalized spacial score (nSPS) is 16.6. The molecule has 0 saturated carbocycles. The number of aromatic nitrogens is 2. The van der Waals surface area contributed by atoms with E-state index in [1.165, 1.54) is 15.8 Å². The van der Waals surface area contributed by atoms with Crippen molar-refractivity contribution in [1.82, 2.24) is 14.5 Å². The molecule has 1 atom stereocenters. The number of carbonyl (C=O) groups excluding carboxylic acids is 1. The fourth-order valence-corrected chi connectivity index (χ4v) is 5.57. The van der Waals surface area contributed by atoms with E-state index in [2.05, 4.69) is 11.9 Å². The predicted molar refractivity (Wildman–Crippen MR) is 106 cm³/mol. The van der Waals surface area contributed by atoms with E-state index in [0.29, 0.717) is 12.5 Å². The van der Waals surface area contributed by atoms with E-state index in [0.717, 1.165) is 39.9 Å². The lowest BCUT2D eigenvalue weighted by atomic mass is 9.89. The number of likely N-dealkylation sites (N-methyl/N-ethyl adjacent to an activating group) is 1. The second-order valence-electron chi connectivity index (χ2n) is 7.04. The van der Waals surface area contributed by atoms with Crippen molar-refractivity contribution in [2.24, 2.45) is 5.92 Å². The molecule has 7 heteroatoms. The Morgan fingerprint density at radius 1 is 1.46 bits per heavy atom. The van der Waals surface area contributed by atoms with E-state index in [-0.39, 0.29) is 18.0 Å². The standard InChI is InChI=1S/C19H21N3O2S2/c1-12-5-6-14-15(8-12)26-18-17(14)19(24)22(11-20-18)10-16(23)21(2)9-13-4-3-7-25-13/h3-4,7,11-12H,5-6,8-10H2,1-2H3/t12-/m0/s1. The fourth-order valence-electron chi connectivity index (χ4n) is 3.47. The molecule has 0 radical (unpaired) electrons. The second kappa shape index (κ2) is 6.96. The highest BCUT2D eigenvalue weighted by atomic mass is 32.1. The van der Waals surface area contributed by atoms with Crippen molar-refractivity contribution in [3.63, 3.8) is 0 Å². The van der Waals surface area contributed by atoms with Crippen LogP contribution in [-0.4, -0.2) is 27.4 Å². The number of rotatable bonds is 4. The van der Waals surface area contributed by atoms with Crippen LogP contribution in [0.25, 0.3) is 10.2 Å². The average molecular weight is 388 g/mol. The van der Waals surface area contributed by atoms with E-state index >= 15 is 0 Å². The summed E-state index contributed by atoms with van der Waals surface area (Å²) in [5.41, 5.74) is 1.08. The van der Waals surface area contributed by atoms with E-state index in [1.54, 1.807) is 34.6 Å². The highest BCUT2D eigenvalue weighted by Crippen LogP contribution is 2.35. The van der Waals surface area contributed by atoms with Crippen LogP contribution in [0.2, 0.25) is 0 Å². The summed E-state index contributed by atoms with van der Waals surface area (Å²) >= 11 is 3.26. The Kier molecular flexibility index (Phi) is 4.67. The summed E-state index contributed by atoms with van der Waals surface area (Å²) in [6.45, 7) is 2.85. The fraction of sp³-hybridized carbons (Fsp3) is 0.421. The van der Waals surface area contributed by atoms with E-state index in [1.807, 2.05) is 17.5 Å². The van der Waals surface area contributed by atoms with Crippen LogP contribution in [0.1, 0.15) is 28.7 Å². The molecule has 0 aliphatic heterocycles. The summed E-state index contributed by atoms with van der Waals surface area (Å²) in [5, 5.41) is 2.73. The lowest BCUT2D eigenvalue weighted by molar-refractivity contribution is -0.131. The van der Waals surface area contributed by atoms with Gasteiger partial charge in [-0.05, 0) is 42.2 Å². The van der Waals surface area contributed by atoms with Gasteiger partial charge in [0.1, 0.15) is 11.4 Å². The zero-order chi connectivity index (χ0) is 18.3. The lowest BCUT2D eigenvalue weighted by Gasteiger charge is -2.18. The SMILES string of the molecule is C[C@H]1CCc2c(sc3ncn(CC(=O)N(C)Cc4cccs4)c(=O)c23)C1.